The first-order valence-corrected chi connectivity index (χ1v) is 5.29. The minimum absolute atomic E-state index is 0. The van der Waals surface area contributed by atoms with Crippen LogP contribution in [-0.4, -0.2) is 22.7 Å². The number of hydrogen-bond donors (Lipinski definition) is 3. The van der Waals surface area contributed by atoms with Crippen LogP contribution in [0.5, 0.6) is 5.75 Å². The number of aliphatic hydroxyl groups excluding tert-OH is 1. The summed E-state index contributed by atoms with van der Waals surface area (Å²) in [5.41, 5.74) is 5.06. The first-order valence-electron chi connectivity index (χ1n) is 4.50. The van der Waals surface area contributed by atoms with E-state index in [0.717, 1.165) is 6.07 Å². The number of hydrogen-bond acceptors (Lipinski definition) is 4. The summed E-state index contributed by atoms with van der Waals surface area (Å²) in [6.45, 7) is -1.44. The Hall–Kier alpha value is -0.940. The minimum atomic E-state index is -3.58. The van der Waals surface area contributed by atoms with Gasteiger partial charge in [0.05, 0.1) is 16.1 Å². The van der Waals surface area contributed by atoms with E-state index in [2.05, 4.69) is 15.9 Å². The van der Waals surface area contributed by atoms with Crippen LogP contribution in [0.15, 0.2) is 16.6 Å². The van der Waals surface area contributed by atoms with Crippen molar-refractivity contribution in [3.05, 3.63) is 27.7 Å². The number of nitriles is 1. The highest BCUT2D eigenvalue weighted by atomic mass is 79.9. The lowest BCUT2D eigenvalue weighted by Gasteiger charge is -2.22. The second kappa shape index (κ2) is 6.29. The van der Waals surface area contributed by atoms with Gasteiger partial charge in [-0.15, -0.1) is 12.4 Å². The highest BCUT2D eigenvalue weighted by molar-refractivity contribution is 9.10. The maximum absolute atomic E-state index is 13.2. The van der Waals surface area contributed by atoms with Crippen molar-refractivity contribution in [3.8, 4) is 11.8 Å². The Balaban J connectivity index is 0.00000289. The molecule has 0 aliphatic carbocycles. The molecule has 0 saturated carbocycles. The Morgan fingerprint density at radius 2 is 2.06 bits per heavy atom. The van der Waals surface area contributed by atoms with Crippen molar-refractivity contribution in [3.63, 3.8) is 0 Å². The molecule has 18 heavy (non-hydrogen) atoms. The summed E-state index contributed by atoms with van der Waals surface area (Å²) in [5, 5.41) is 26.8. The molecule has 8 heteroatoms. The van der Waals surface area contributed by atoms with Gasteiger partial charge in [0.15, 0.2) is 0 Å². The lowest BCUT2D eigenvalue weighted by molar-refractivity contribution is -0.0716. The molecule has 0 heterocycles. The van der Waals surface area contributed by atoms with Crippen LogP contribution in [0.4, 0.5) is 8.78 Å². The van der Waals surface area contributed by atoms with Gasteiger partial charge in [0.25, 0.3) is 5.92 Å². The summed E-state index contributed by atoms with van der Waals surface area (Å²) >= 11 is 2.93. The quantitative estimate of drug-likeness (QED) is 0.784. The van der Waals surface area contributed by atoms with Crippen LogP contribution in [0.1, 0.15) is 17.2 Å². The number of nitrogens with two attached hydrogens (primary N) is 1. The molecule has 0 spiro atoms. The fraction of sp³-hybridized carbons (Fsp3) is 0.300. The minimum Gasteiger partial charge on any atom is -0.506 e. The number of nitrogens with zero attached hydrogens (tertiary/aromatic N) is 1. The van der Waals surface area contributed by atoms with Crippen molar-refractivity contribution in [1.82, 2.24) is 0 Å². The molecule has 0 unspecified atom stereocenters. The van der Waals surface area contributed by atoms with Crippen LogP contribution < -0.4 is 5.73 Å². The predicted octanol–water partition coefficient (Wildman–Crippen LogP) is 2.08. The average molecular weight is 344 g/mol. The standard InChI is InChI=1S/C10H9BrF2N2O2.ClH/c11-7-2-5(3-14)1-6(8(7)17)9(15)10(12,13)4-16;/h1-2,9,16-17H,4,15H2;1H/t9-;/m0./s1. The Kier molecular flexibility index (Phi) is 5.96. The van der Waals surface area contributed by atoms with Gasteiger partial charge < -0.3 is 15.9 Å². The summed E-state index contributed by atoms with van der Waals surface area (Å²) < 4.78 is 26.5. The Morgan fingerprint density at radius 3 is 2.50 bits per heavy atom. The van der Waals surface area contributed by atoms with Gasteiger partial charge in [-0.25, -0.2) is 8.78 Å². The van der Waals surface area contributed by atoms with Gasteiger partial charge in [0.1, 0.15) is 18.4 Å². The zero-order valence-corrected chi connectivity index (χ0v) is 11.3. The first kappa shape index (κ1) is 17.1. The molecule has 0 aliphatic rings. The smallest absolute Gasteiger partial charge is 0.289 e. The van der Waals surface area contributed by atoms with Crippen LogP contribution in [0.2, 0.25) is 0 Å². The molecule has 1 atom stereocenters. The summed E-state index contributed by atoms with van der Waals surface area (Å²) in [7, 11) is 0. The van der Waals surface area contributed by atoms with Gasteiger partial charge in [0.2, 0.25) is 0 Å². The van der Waals surface area contributed by atoms with Crippen LogP contribution in [0.25, 0.3) is 0 Å². The molecular formula is C10H10BrClF2N2O2. The molecule has 0 fully saturated rings. The molecular weight excluding hydrogens is 333 g/mol. The maximum Gasteiger partial charge on any atom is 0.289 e. The second-order valence-corrected chi connectivity index (χ2v) is 4.26. The van der Waals surface area contributed by atoms with Crippen LogP contribution in [-0.2, 0) is 0 Å². The van der Waals surface area contributed by atoms with Crippen molar-refractivity contribution in [2.24, 2.45) is 5.73 Å². The summed E-state index contributed by atoms with van der Waals surface area (Å²) in [6.07, 6.45) is 0. The van der Waals surface area contributed by atoms with E-state index >= 15 is 0 Å². The van der Waals surface area contributed by atoms with E-state index < -0.39 is 24.3 Å². The number of halogens is 4. The predicted molar refractivity (Wildman–Crippen MR) is 66.7 cm³/mol. The highest BCUT2D eigenvalue weighted by Crippen LogP contribution is 2.38. The fourth-order valence-electron chi connectivity index (χ4n) is 1.25. The highest BCUT2D eigenvalue weighted by Gasteiger charge is 2.39. The van der Waals surface area contributed by atoms with E-state index in [1.54, 1.807) is 6.07 Å². The zero-order valence-electron chi connectivity index (χ0n) is 8.90. The molecule has 1 aromatic carbocycles. The topological polar surface area (TPSA) is 90.3 Å². The monoisotopic (exact) mass is 342 g/mol. The molecule has 1 aromatic rings. The molecule has 4 nitrogen and oxygen atoms in total. The van der Waals surface area contributed by atoms with Crippen molar-refractivity contribution in [1.29, 1.82) is 5.26 Å². The van der Waals surface area contributed by atoms with Crippen LogP contribution in [0, 0.1) is 11.3 Å². The third-order valence-corrected chi connectivity index (χ3v) is 2.83. The number of phenolic OH excluding ortho intramolecular Hbond substituents is 1. The first-order chi connectivity index (χ1) is 7.83. The Morgan fingerprint density at radius 1 is 1.50 bits per heavy atom. The van der Waals surface area contributed by atoms with Crippen molar-refractivity contribution in [2.75, 3.05) is 6.61 Å². The van der Waals surface area contributed by atoms with E-state index in [-0.39, 0.29) is 28.0 Å². The number of benzene rings is 1. The summed E-state index contributed by atoms with van der Waals surface area (Å²) in [4.78, 5) is 0. The van der Waals surface area contributed by atoms with Crippen molar-refractivity contribution < 1.29 is 19.0 Å². The lowest BCUT2D eigenvalue weighted by atomic mass is 9.99. The number of phenols is 1. The van der Waals surface area contributed by atoms with Gasteiger partial charge in [-0.2, -0.15) is 5.26 Å². The third kappa shape index (κ3) is 3.29. The van der Waals surface area contributed by atoms with Crippen molar-refractivity contribution >= 4 is 28.3 Å². The molecule has 1 rings (SSSR count). The summed E-state index contributed by atoms with van der Waals surface area (Å²) in [6, 6.07) is 2.21. The number of rotatable bonds is 3. The maximum atomic E-state index is 13.2. The molecule has 0 bridgehead atoms. The Labute approximate surface area is 117 Å². The summed E-state index contributed by atoms with van der Waals surface area (Å²) in [5.74, 6) is -4.05. The van der Waals surface area contributed by atoms with E-state index in [1.807, 2.05) is 0 Å². The molecule has 0 radical (unpaired) electrons. The second-order valence-electron chi connectivity index (χ2n) is 3.40. The molecule has 0 aromatic heterocycles. The molecule has 0 saturated heterocycles. The Bertz CT molecular complexity index is 480. The molecule has 0 amide bonds. The number of alkyl halides is 2. The van der Waals surface area contributed by atoms with Crippen LogP contribution in [0.3, 0.4) is 0 Å². The van der Waals surface area contributed by atoms with E-state index in [0.29, 0.717) is 0 Å². The molecule has 4 N–H and O–H groups in total. The average Bonchev–Trinajstić information content (AvgIpc) is 2.31. The number of aliphatic hydroxyl groups is 1. The van der Waals surface area contributed by atoms with E-state index in [4.69, 9.17) is 16.1 Å². The normalized spacial score (nSPS) is 12.4. The third-order valence-electron chi connectivity index (χ3n) is 2.22. The largest absolute Gasteiger partial charge is 0.506 e. The SMILES string of the molecule is Cl.N#Cc1cc(Br)c(O)c([C@H](N)C(F)(F)CO)c1. The van der Waals surface area contributed by atoms with E-state index in [1.165, 1.54) is 6.07 Å². The van der Waals surface area contributed by atoms with Gasteiger partial charge in [-0.05, 0) is 28.1 Å². The zero-order chi connectivity index (χ0) is 13.2. The van der Waals surface area contributed by atoms with Gasteiger partial charge in [-0.1, -0.05) is 0 Å². The molecule has 0 aliphatic heterocycles. The van der Waals surface area contributed by atoms with Gasteiger partial charge >= 0.3 is 0 Å². The van der Waals surface area contributed by atoms with Gasteiger partial charge in [0, 0.05) is 5.56 Å². The van der Waals surface area contributed by atoms with Crippen LogP contribution >= 0.6 is 28.3 Å². The number of aromatic hydroxyl groups is 1. The molecule has 100 valence electrons. The van der Waals surface area contributed by atoms with Gasteiger partial charge in [-0.3, -0.25) is 0 Å². The fourth-order valence-corrected chi connectivity index (χ4v) is 1.72. The van der Waals surface area contributed by atoms with Crippen molar-refractivity contribution in [2.45, 2.75) is 12.0 Å². The van der Waals surface area contributed by atoms with E-state index in [9.17, 15) is 13.9 Å². The lowest BCUT2D eigenvalue weighted by Crippen LogP contribution is -2.36.